The number of hydrogen-bond donors (Lipinski definition) is 0. The highest BCUT2D eigenvalue weighted by molar-refractivity contribution is 6.31. The van der Waals surface area contributed by atoms with Crippen LogP contribution in [0.5, 0.6) is 11.5 Å². The number of alkyl halides is 3. The SMILES string of the molecule is COc1ccc(-c2c(C(F)(F)F)oc3cc(OCc4ccc(F)cc4Cl)ccc3c2=O)cc1. The first kappa shape index (κ1) is 22.7. The second kappa shape index (κ2) is 8.78. The molecule has 4 aromatic rings. The van der Waals surface area contributed by atoms with Crippen LogP contribution in [0.2, 0.25) is 5.02 Å². The van der Waals surface area contributed by atoms with Crippen LogP contribution in [-0.4, -0.2) is 7.11 Å². The van der Waals surface area contributed by atoms with E-state index in [0.717, 1.165) is 6.07 Å². The molecule has 3 aromatic carbocycles. The van der Waals surface area contributed by atoms with E-state index in [2.05, 4.69) is 0 Å². The topological polar surface area (TPSA) is 48.7 Å². The van der Waals surface area contributed by atoms with Crippen LogP contribution >= 0.6 is 11.6 Å². The van der Waals surface area contributed by atoms with Gasteiger partial charge in [-0.2, -0.15) is 13.2 Å². The molecule has 0 spiro atoms. The summed E-state index contributed by atoms with van der Waals surface area (Å²) in [7, 11) is 1.42. The Kier molecular flexibility index (Phi) is 6.03. The maximum Gasteiger partial charge on any atom is 0.450 e. The van der Waals surface area contributed by atoms with Crippen LogP contribution in [-0.2, 0) is 12.8 Å². The van der Waals surface area contributed by atoms with Crippen LogP contribution in [0.15, 0.2) is 69.9 Å². The van der Waals surface area contributed by atoms with Gasteiger partial charge in [0.2, 0.25) is 11.2 Å². The summed E-state index contributed by atoms with van der Waals surface area (Å²) in [6, 6.07) is 13.3. The second-order valence-corrected chi connectivity index (χ2v) is 7.45. The van der Waals surface area contributed by atoms with Gasteiger partial charge in [0.15, 0.2) is 0 Å². The lowest BCUT2D eigenvalue weighted by molar-refractivity contribution is -0.152. The van der Waals surface area contributed by atoms with Crippen molar-refractivity contribution in [2.45, 2.75) is 12.8 Å². The van der Waals surface area contributed by atoms with E-state index in [0.29, 0.717) is 11.3 Å². The molecule has 0 fully saturated rings. The maximum atomic E-state index is 13.8. The number of methoxy groups -OCH3 is 1. The molecule has 33 heavy (non-hydrogen) atoms. The Labute approximate surface area is 189 Å². The lowest BCUT2D eigenvalue weighted by Crippen LogP contribution is -2.16. The van der Waals surface area contributed by atoms with E-state index in [1.54, 1.807) is 0 Å². The minimum absolute atomic E-state index is 0.0408. The second-order valence-electron chi connectivity index (χ2n) is 7.04. The Hall–Kier alpha value is -3.52. The third kappa shape index (κ3) is 4.66. The van der Waals surface area contributed by atoms with Crippen molar-refractivity contribution in [3.63, 3.8) is 0 Å². The summed E-state index contributed by atoms with van der Waals surface area (Å²) in [4.78, 5) is 13.0. The molecule has 0 N–H and O–H groups in total. The molecule has 0 radical (unpaired) electrons. The van der Waals surface area contributed by atoms with E-state index in [4.69, 9.17) is 25.5 Å². The van der Waals surface area contributed by atoms with E-state index in [1.165, 1.54) is 61.7 Å². The van der Waals surface area contributed by atoms with Gasteiger partial charge in [-0.3, -0.25) is 4.79 Å². The van der Waals surface area contributed by atoms with Crippen molar-refractivity contribution in [2.75, 3.05) is 7.11 Å². The van der Waals surface area contributed by atoms with Gasteiger partial charge < -0.3 is 13.9 Å². The summed E-state index contributed by atoms with van der Waals surface area (Å²) in [5.74, 6) is -1.34. The van der Waals surface area contributed by atoms with Crippen molar-refractivity contribution in [1.29, 1.82) is 0 Å². The van der Waals surface area contributed by atoms with Gasteiger partial charge in [-0.05, 0) is 42.0 Å². The molecule has 4 rings (SSSR count). The summed E-state index contributed by atoms with van der Waals surface area (Å²) in [6.07, 6.45) is -4.92. The Morgan fingerprint density at radius 3 is 2.30 bits per heavy atom. The molecule has 0 aliphatic heterocycles. The number of ether oxygens (including phenoxy) is 2. The molecule has 0 unspecified atom stereocenters. The number of rotatable bonds is 5. The fourth-order valence-corrected chi connectivity index (χ4v) is 3.50. The van der Waals surface area contributed by atoms with Crippen LogP contribution in [0.3, 0.4) is 0 Å². The average molecular weight is 479 g/mol. The van der Waals surface area contributed by atoms with Crippen molar-refractivity contribution in [3.8, 4) is 22.6 Å². The standard InChI is InChI=1S/C24H15ClF4O4/c1-31-16-6-3-13(4-7-16)21-22(30)18-9-8-17(11-20(18)33-23(21)24(27,28)29)32-12-14-2-5-15(26)10-19(14)25/h2-11H,12H2,1H3. The average Bonchev–Trinajstić information content (AvgIpc) is 2.78. The fourth-order valence-electron chi connectivity index (χ4n) is 3.28. The molecule has 0 saturated carbocycles. The molecule has 0 aliphatic carbocycles. The van der Waals surface area contributed by atoms with E-state index < -0.39 is 28.7 Å². The molecular formula is C24H15ClF4O4. The molecule has 0 atom stereocenters. The zero-order valence-electron chi connectivity index (χ0n) is 17.0. The van der Waals surface area contributed by atoms with Crippen LogP contribution in [0, 0.1) is 5.82 Å². The van der Waals surface area contributed by atoms with Crippen LogP contribution in [0.1, 0.15) is 11.3 Å². The summed E-state index contributed by atoms with van der Waals surface area (Å²) in [5.41, 5.74) is -1.19. The lowest BCUT2D eigenvalue weighted by Gasteiger charge is -2.14. The fraction of sp³-hybridized carbons (Fsp3) is 0.125. The van der Waals surface area contributed by atoms with Gasteiger partial charge in [0, 0.05) is 11.6 Å². The number of halogens is 5. The van der Waals surface area contributed by atoms with Crippen molar-refractivity contribution < 1.29 is 31.5 Å². The summed E-state index contributed by atoms with van der Waals surface area (Å²) in [6.45, 7) is -0.0646. The molecule has 0 amide bonds. The van der Waals surface area contributed by atoms with Crippen LogP contribution < -0.4 is 14.9 Å². The third-order valence-corrected chi connectivity index (χ3v) is 5.26. The number of fused-ring (bicyclic) bond motifs is 1. The summed E-state index contributed by atoms with van der Waals surface area (Å²) in [5, 5.41) is 0.104. The first-order chi connectivity index (χ1) is 15.7. The minimum Gasteiger partial charge on any atom is -0.497 e. The van der Waals surface area contributed by atoms with Crippen molar-refractivity contribution in [1.82, 2.24) is 0 Å². The number of benzene rings is 3. The highest BCUT2D eigenvalue weighted by atomic mass is 35.5. The van der Waals surface area contributed by atoms with Gasteiger partial charge in [-0.15, -0.1) is 0 Å². The minimum atomic E-state index is -4.92. The van der Waals surface area contributed by atoms with Crippen molar-refractivity contribution >= 4 is 22.6 Å². The van der Waals surface area contributed by atoms with Gasteiger partial charge >= 0.3 is 6.18 Å². The zero-order valence-corrected chi connectivity index (χ0v) is 17.8. The smallest absolute Gasteiger partial charge is 0.450 e. The predicted molar refractivity (Wildman–Crippen MR) is 115 cm³/mol. The first-order valence-electron chi connectivity index (χ1n) is 9.56. The monoisotopic (exact) mass is 478 g/mol. The molecular weight excluding hydrogens is 464 g/mol. The highest BCUT2D eigenvalue weighted by Crippen LogP contribution is 2.38. The van der Waals surface area contributed by atoms with Gasteiger partial charge in [0.1, 0.15) is 29.5 Å². The molecule has 0 aliphatic rings. The summed E-state index contributed by atoms with van der Waals surface area (Å²) < 4.78 is 70.3. The zero-order chi connectivity index (χ0) is 23.8. The largest absolute Gasteiger partial charge is 0.497 e. The Morgan fingerprint density at radius 1 is 0.970 bits per heavy atom. The van der Waals surface area contributed by atoms with Crippen LogP contribution in [0.25, 0.3) is 22.1 Å². The third-order valence-electron chi connectivity index (χ3n) is 4.91. The number of hydrogen-bond acceptors (Lipinski definition) is 4. The van der Waals surface area contributed by atoms with Gasteiger partial charge in [-0.25, -0.2) is 4.39 Å². The molecule has 0 saturated heterocycles. The molecule has 170 valence electrons. The van der Waals surface area contributed by atoms with Gasteiger partial charge in [-0.1, -0.05) is 29.8 Å². The lowest BCUT2D eigenvalue weighted by atomic mass is 10.0. The quantitative estimate of drug-likeness (QED) is 0.294. The normalized spacial score (nSPS) is 11.6. The molecule has 1 heterocycles. The van der Waals surface area contributed by atoms with E-state index in [9.17, 15) is 22.4 Å². The molecule has 4 nitrogen and oxygen atoms in total. The van der Waals surface area contributed by atoms with E-state index in [1.807, 2.05) is 0 Å². The van der Waals surface area contributed by atoms with Gasteiger partial charge in [0.05, 0.1) is 23.1 Å². The van der Waals surface area contributed by atoms with E-state index >= 15 is 0 Å². The first-order valence-corrected chi connectivity index (χ1v) is 9.94. The Bertz CT molecular complexity index is 1380. The Morgan fingerprint density at radius 2 is 1.67 bits per heavy atom. The Balaban J connectivity index is 1.76. The predicted octanol–water partition coefficient (Wildman–Crippen LogP) is 6.86. The van der Waals surface area contributed by atoms with Crippen LogP contribution in [0.4, 0.5) is 17.6 Å². The molecule has 9 heteroatoms. The van der Waals surface area contributed by atoms with E-state index in [-0.39, 0.29) is 33.9 Å². The molecule has 1 aromatic heterocycles. The highest BCUT2D eigenvalue weighted by Gasteiger charge is 2.39. The maximum absolute atomic E-state index is 13.8. The van der Waals surface area contributed by atoms with Crippen molar-refractivity contribution in [3.05, 3.63) is 93.1 Å². The van der Waals surface area contributed by atoms with Gasteiger partial charge in [0.25, 0.3) is 0 Å². The van der Waals surface area contributed by atoms with Crippen molar-refractivity contribution in [2.24, 2.45) is 0 Å². The molecule has 0 bridgehead atoms. The summed E-state index contributed by atoms with van der Waals surface area (Å²) >= 11 is 5.96.